The number of hydrogen-bond acceptors (Lipinski definition) is 6. The number of anilines is 1. The molecule has 3 aromatic rings. The molecule has 9 heteroatoms. The van der Waals surface area contributed by atoms with Gasteiger partial charge in [0.15, 0.2) is 0 Å². The van der Waals surface area contributed by atoms with Crippen molar-refractivity contribution in [1.29, 1.82) is 5.26 Å². The Morgan fingerprint density at radius 3 is 2.66 bits per heavy atom. The van der Waals surface area contributed by atoms with Crippen molar-refractivity contribution in [3.05, 3.63) is 64.8 Å². The van der Waals surface area contributed by atoms with Crippen molar-refractivity contribution in [3.63, 3.8) is 0 Å². The molecule has 1 aliphatic rings. The molecule has 0 saturated carbocycles. The zero-order valence-electron chi connectivity index (χ0n) is 15.8. The first-order chi connectivity index (χ1) is 14.1. The number of carbonyl (C=O) groups excluding carboxylic acids is 1. The number of aryl methyl sites for hydroxylation is 1. The van der Waals surface area contributed by atoms with Crippen LogP contribution in [0.3, 0.4) is 0 Å². The fourth-order valence-electron chi connectivity index (χ4n) is 3.27. The van der Waals surface area contributed by atoms with Crippen LogP contribution in [0.5, 0.6) is 0 Å². The van der Waals surface area contributed by atoms with Gasteiger partial charge in [-0.15, -0.1) is 5.10 Å². The monoisotopic (exact) mass is 407 g/mol. The van der Waals surface area contributed by atoms with E-state index in [-0.39, 0.29) is 11.7 Å². The van der Waals surface area contributed by atoms with Crippen molar-refractivity contribution in [2.24, 2.45) is 0 Å². The molecule has 1 aliphatic heterocycles. The van der Waals surface area contributed by atoms with Crippen LogP contribution in [-0.4, -0.2) is 56.7 Å². The zero-order chi connectivity index (χ0) is 20.4. The molecule has 1 fully saturated rings. The number of halogens is 1. The molecule has 1 saturated heterocycles. The third-order valence-electron chi connectivity index (χ3n) is 4.81. The van der Waals surface area contributed by atoms with E-state index in [0.717, 1.165) is 5.82 Å². The van der Waals surface area contributed by atoms with Gasteiger partial charge >= 0.3 is 0 Å². The number of hydrogen-bond donors (Lipinski definition) is 0. The fraction of sp³-hybridized carbons (Fsp3) is 0.250. The van der Waals surface area contributed by atoms with E-state index in [9.17, 15) is 4.79 Å². The minimum atomic E-state index is -0.211. The standard InChI is InChI=1S/C20H18ClN7O/c1-14-24-19(25-28(14)17-5-3-2-4-16(17)21)20(29)27-10-8-26(9-11-27)18-12-15(13-22)6-7-23-18/h2-7,12H,8-11H2,1H3. The second-order valence-corrected chi connectivity index (χ2v) is 7.05. The summed E-state index contributed by atoms with van der Waals surface area (Å²) in [5, 5.41) is 14.0. The molecule has 1 amide bonds. The summed E-state index contributed by atoms with van der Waals surface area (Å²) < 4.78 is 1.59. The number of nitrogens with zero attached hydrogens (tertiary/aromatic N) is 7. The maximum Gasteiger partial charge on any atom is 0.293 e. The molecule has 0 spiro atoms. The number of amides is 1. The average Bonchev–Trinajstić information content (AvgIpc) is 3.15. The van der Waals surface area contributed by atoms with Crippen molar-refractivity contribution in [2.75, 3.05) is 31.1 Å². The van der Waals surface area contributed by atoms with Gasteiger partial charge in [-0.25, -0.2) is 14.6 Å². The first kappa shape index (κ1) is 18.9. The van der Waals surface area contributed by atoms with Gasteiger partial charge in [0.05, 0.1) is 22.3 Å². The van der Waals surface area contributed by atoms with E-state index >= 15 is 0 Å². The molecule has 0 radical (unpaired) electrons. The van der Waals surface area contributed by atoms with Gasteiger partial charge in [-0.2, -0.15) is 5.26 Å². The third kappa shape index (κ3) is 3.77. The summed E-state index contributed by atoms with van der Waals surface area (Å²) in [5.74, 6) is 1.28. The lowest BCUT2D eigenvalue weighted by atomic mass is 10.2. The molecule has 0 unspecified atom stereocenters. The Hall–Kier alpha value is -3.44. The van der Waals surface area contributed by atoms with E-state index < -0.39 is 0 Å². The van der Waals surface area contributed by atoms with Crippen LogP contribution in [0.1, 0.15) is 22.0 Å². The van der Waals surface area contributed by atoms with Gasteiger partial charge in [0, 0.05) is 32.4 Å². The van der Waals surface area contributed by atoms with Crippen LogP contribution < -0.4 is 4.90 Å². The molecule has 3 heterocycles. The van der Waals surface area contributed by atoms with Crippen LogP contribution in [0.4, 0.5) is 5.82 Å². The molecule has 4 rings (SSSR count). The second-order valence-electron chi connectivity index (χ2n) is 6.64. The first-order valence-electron chi connectivity index (χ1n) is 9.16. The lowest BCUT2D eigenvalue weighted by Crippen LogP contribution is -2.49. The molecule has 0 aliphatic carbocycles. The number of aromatic nitrogens is 4. The van der Waals surface area contributed by atoms with E-state index in [1.165, 1.54) is 0 Å². The first-order valence-corrected chi connectivity index (χ1v) is 9.53. The minimum absolute atomic E-state index is 0.153. The molecule has 29 heavy (non-hydrogen) atoms. The van der Waals surface area contributed by atoms with Gasteiger partial charge in [-0.05, 0) is 31.2 Å². The summed E-state index contributed by atoms with van der Waals surface area (Å²) in [4.78, 5) is 25.4. The van der Waals surface area contributed by atoms with Gasteiger partial charge < -0.3 is 9.80 Å². The topological polar surface area (TPSA) is 90.9 Å². The predicted molar refractivity (Wildman–Crippen MR) is 108 cm³/mol. The van der Waals surface area contributed by atoms with Gasteiger partial charge in [0.2, 0.25) is 5.82 Å². The van der Waals surface area contributed by atoms with E-state index in [1.54, 1.807) is 40.9 Å². The lowest BCUT2D eigenvalue weighted by Gasteiger charge is -2.34. The summed E-state index contributed by atoms with van der Waals surface area (Å²) >= 11 is 6.25. The fourth-order valence-corrected chi connectivity index (χ4v) is 3.49. The Kier molecular flexibility index (Phi) is 5.14. The van der Waals surface area contributed by atoms with Crippen LogP contribution in [0, 0.1) is 18.3 Å². The quantitative estimate of drug-likeness (QED) is 0.662. The Bertz CT molecular complexity index is 1100. The summed E-state index contributed by atoms with van der Waals surface area (Å²) in [6, 6.07) is 12.9. The Labute approximate surface area is 173 Å². The zero-order valence-corrected chi connectivity index (χ0v) is 16.5. The van der Waals surface area contributed by atoms with E-state index in [4.69, 9.17) is 16.9 Å². The summed E-state index contributed by atoms with van der Waals surface area (Å²) in [7, 11) is 0. The number of rotatable bonds is 3. The van der Waals surface area contributed by atoms with Crippen molar-refractivity contribution in [3.8, 4) is 11.8 Å². The van der Waals surface area contributed by atoms with Crippen LogP contribution in [-0.2, 0) is 0 Å². The maximum atomic E-state index is 12.9. The molecule has 0 atom stereocenters. The number of benzene rings is 1. The predicted octanol–water partition coefficient (Wildman–Crippen LogP) is 2.46. The van der Waals surface area contributed by atoms with Gasteiger partial charge in [0.25, 0.3) is 5.91 Å². The summed E-state index contributed by atoms with van der Waals surface area (Å²) in [5.41, 5.74) is 1.25. The smallest absolute Gasteiger partial charge is 0.293 e. The highest BCUT2D eigenvalue weighted by molar-refractivity contribution is 6.32. The number of piperazine rings is 1. The molecular formula is C20H18ClN7O. The Balaban J connectivity index is 1.47. The number of nitriles is 1. The van der Waals surface area contributed by atoms with Crippen molar-refractivity contribution < 1.29 is 4.79 Å². The molecule has 0 N–H and O–H groups in total. The normalized spacial score (nSPS) is 14.0. The van der Waals surface area contributed by atoms with Gasteiger partial charge in [-0.1, -0.05) is 23.7 Å². The summed E-state index contributed by atoms with van der Waals surface area (Å²) in [6.45, 7) is 4.09. The second kappa shape index (κ2) is 7.89. The number of carbonyl (C=O) groups is 1. The van der Waals surface area contributed by atoms with Crippen molar-refractivity contribution in [2.45, 2.75) is 6.92 Å². The van der Waals surface area contributed by atoms with Crippen molar-refractivity contribution >= 4 is 23.3 Å². The highest BCUT2D eigenvalue weighted by Gasteiger charge is 2.26. The third-order valence-corrected chi connectivity index (χ3v) is 5.13. The molecule has 2 aromatic heterocycles. The molecule has 8 nitrogen and oxygen atoms in total. The van der Waals surface area contributed by atoms with Crippen LogP contribution >= 0.6 is 11.6 Å². The SMILES string of the molecule is Cc1nc(C(=O)N2CCN(c3cc(C#N)ccn3)CC2)nn1-c1ccccc1Cl. The van der Waals surface area contributed by atoms with Crippen LogP contribution in [0.15, 0.2) is 42.6 Å². The van der Waals surface area contributed by atoms with Gasteiger partial charge in [-0.3, -0.25) is 4.79 Å². The van der Waals surface area contributed by atoms with E-state index in [0.29, 0.717) is 48.3 Å². The van der Waals surface area contributed by atoms with Gasteiger partial charge in [0.1, 0.15) is 11.6 Å². The molecule has 1 aromatic carbocycles. The average molecular weight is 408 g/mol. The van der Waals surface area contributed by atoms with E-state index in [1.807, 2.05) is 18.2 Å². The molecular weight excluding hydrogens is 390 g/mol. The number of pyridine rings is 1. The van der Waals surface area contributed by atoms with Crippen LogP contribution in [0.25, 0.3) is 5.69 Å². The Morgan fingerprint density at radius 1 is 1.17 bits per heavy atom. The molecule has 146 valence electrons. The van der Waals surface area contributed by atoms with Crippen molar-refractivity contribution in [1.82, 2.24) is 24.6 Å². The number of para-hydroxylation sites is 1. The van der Waals surface area contributed by atoms with Crippen LogP contribution in [0.2, 0.25) is 5.02 Å². The minimum Gasteiger partial charge on any atom is -0.353 e. The highest BCUT2D eigenvalue weighted by atomic mass is 35.5. The molecule has 0 bridgehead atoms. The highest BCUT2D eigenvalue weighted by Crippen LogP contribution is 2.21. The lowest BCUT2D eigenvalue weighted by molar-refractivity contribution is 0.0734. The maximum absolute atomic E-state index is 12.9. The largest absolute Gasteiger partial charge is 0.353 e. The van der Waals surface area contributed by atoms with E-state index in [2.05, 4.69) is 26.0 Å². The Morgan fingerprint density at radius 2 is 1.93 bits per heavy atom. The summed E-state index contributed by atoms with van der Waals surface area (Å²) in [6.07, 6.45) is 1.62.